The summed E-state index contributed by atoms with van der Waals surface area (Å²) in [7, 11) is 1.46. The van der Waals surface area contributed by atoms with E-state index in [1.165, 1.54) is 31.0 Å². The molecule has 0 unspecified atom stereocenters. The minimum Gasteiger partial charge on any atom is -0.508 e. The van der Waals surface area contributed by atoms with Gasteiger partial charge in [-0.3, -0.25) is 10.1 Å². The van der Waals surface area contributed by atoms with Gasteiger partial charge >= 0.3 is 0 Å². The molecule has 0 aliphatic heterocycles. The predicted octanol–water partition coefficient (Wildman–Crippen LogP) is 3.46. The fourth-order valence-corrected chi connectivity index (χ4v) is 2.48. The fraction of sp³-hybridized carbons (Fsp3) is 0.0769. The van der Waals surface area contributed by atoms with Crippen molar-refractivity contribution in [1.29, 1.82) is 0 Å². The molecular formula is C13H11NO4S. The monoisotopic (exact) mass is 277 g/mol. The second-order valence-electron chi connectivity index (χ2n) is 3.72. The number of aromatic hydroxyl groups is 1. The highest BCUT2D eigenvalue weighted by molar-refractivity contribution is 7.99. The summed E-state index contributed by atoms with van der Waals surface area (Å²) in [6.45, 7) is 0. The molecule has 0 saturated carbocycles. The summed E-state index contributed by atoms with van der Waals surface area (Å²) in [6.07, 6.45) is 0. The number of non-ortho nitro benzene ring substituents is 1. The van der Waals surface area contributed by atoms with E-state index in [-0.39, 0.29) is 11.4 Å². The van der Waals surface area contributed by atoms with Crippen LogP contribution in [0.2, 0.25) is 0 Å². The van der Waals surface area contributed by atoms with Gasteiger partial charge in [0.2, 0.25) is 0 Å². The fourth-order valence-electron chi connectivity index (χ4n) is 1.52. The first-order valence-corrected chi connectivity index (χ1v) is 6.20. The van der Waals surface area contributed by atoms with Crippen LogP contribution in [0.15, 0.2) is 52.3 Å². The zero-order valence-corrected chi connectivity index (χ0v) is 10.9. The largest absolute Gasteiger partial charge is 0.508 e. The molecule has 0 aromatic heterocycles. The number of nitro groups is 1. The first-order valence-electron chi connectivity index (χ1n) is 5.39. The van der Waals surface area contributed by atoms with Gasteiger partial charge in [0.05, 0.1) is 18.1 Å². The standard InChI is InChI=1S/C13H11NO4S/c1-18-11-5-9(14(16)17)6-13(8-11)19-12-4-2-3-10(15)7-12/h2-8,15H,1H3. The summed E-state index contributed by atoms with van der Waals surface area (Å²) >= 11 is 1.32. The van der Waals surface area contributed by atoms with E-state index in [0.29, 0.717) is 10.6 Å². The van der Waals surface area contributed by atoms with Gasteiger partial charge in [-0.25, -0.2) is 0 Å². The van der Waals surface area contributed by atoms with Crippen LogP contribution >= 0.6 is 11.8 Å². The van der Waals surface area contributed by atoms with E-state index in [0.717, 1.165) is 4.90 Å². The quantitative estimate of drug-likeness (QED) is 0.684. The minimum atomic E-state index is -0.463. The lowest BCUT2D eigenvalue weighted by molar-refractivity contribution is -0.385. The van der Waals surface area contributed by atoms with Crippen LogP contribution in [0, 0.1) is 10.1 Å². The lowest BCUT2D eigenvalue weighted by Crippen LogP contribution is -1.90. The third-order valence-corrected chi connectivity index (χ3v) is 3.33. The number of hydrogen-bond acceptors (Lipinski definition) is 5. The van der Waals surface area contributed by atoms with Crippen LogP contribution < -0.4 is 4.74 Å². The average molecular weight is 277 g/mol. The van der Waals surface area contributed by atoms with E-state index >= 15 is 0 Å². The highest BCUT2D eigenvalue weighted by Gasteiger charge is 2.11. The van der Waals surface area contributed by atoms with Crippen LogP contribution in [0.5, 0.6) is 11.5 Å². The lowest BCUT2D eigenvalue weighted by Gasteiger charge is -2.05. The Kier molecular flexibility index (Phi) is 3.91. The summed E-state index contributed by atoms with van der Waals surface area (Å²) in [5, 5.41) is 20.2. The Morgan fingerprint density at radius 3 is 2.63 bits per heavy atom. The van der Waals surface area contributed by atoms with Gasteiger partial charge in [0, 0.05) is 15.9 Å². The molecule has 1 N–H and O–H groups in total. The number of methoxy groups -OCH3 is 1. The second kappa shape index (κ2) is 5.62. The summed E-state index contributed by atoms with van der Waals surface area (Å²) in [5.74, 6) is 0.583. The molecule has 0 atom stereocenters. The van der Waals surface area contributed by atoms with E-state index in [9.17, 15) is 15.2 Å². The van der Waals surface area contributed by atoms with Crippen molar-refractivity contribution in [2.45, 2.75) is 9.79 Å². The Balaban J connectivity index is 2.34. The number of ether oxygens (including phenoxy) is 1. The molecule has 2 rings (SSSR count). The maximum Gasteiger partial charge on any atom is 0.274 e. The molecule has 0 aliphatic carbocycles. The van der Waals surface area contributed by atoms with E-state index in [1.54, 1.807) is 24.3 Å². The number of phenols is 1. The predicted molar refractivity (Wildman–Crippen MR) is 71.9 cm³/mol. The van der Waals surface area contributed by atoms with Gasteiger partial charge in [-0.1, -0.05) is 17.8 Å². The van der Waals surface area contributed by atoms with Crippen LogP contribution in [0.3, 0.4) is 0 Å². The molecule has 0 radical (unpaired) electrons. The van der Waals surface area contributed by atoms with E-state index in [4.69, 9.17) is 4.74 Å². The van der Waals surface area contributed by atoms with Gasteiger partial charge in [-0.2, -0.15) is 0 Å². The SMILES string of the molecule is COc1cc(Sc2cccc(O)c2)cc([N+](=O)[O-])c1. The Labute approximate surface area is 114 Å². The maximum absolute atomic E-state index is 10.8. The van der Waals surface area contributed by atoms with Crippen LogP contribution in [-0.2, 0) is 0 Å². The molecule has 2 aromatic rings. The Morgan fingerprint density at radius 1 is 1.21 bits per heavy atom. The van der Waals surface area contributed by atoms with Crippen molar-refractivity contribution in [3.8, 4) is 11.5 Å². The number of rotatable bonds is 4. The summed E-state index contributed by atoms with van der Waals surface area (Å²) < 4.78 is 5.04. The first kappa shape index (κ1) is 13.2. The molecule has 19 heavy (non-hydrogen) atoms. The van der Waals surface area contributed by atoms with E-state index < -0.39 is 4.92 Å². The van der Waals surface area contributed by atoms with Gasteiger partial charge in [-0.05, 0) is 24.3 Å². The second-order valence-corrected chi connectivity index (χ2v) is 4.87. The van der Waals surface area contributed by atoms with Crippen molar-refractivity contribution in [3.05, 3.63) is 52.6 Å². The topological polar surface area (TPSA) is 72.6 Å². The van der Waals surface area contributed by atoms with Crippen molar-refractivity contribution in [3.63, 3.8) is 0 Å². The van der Waals surface area contributed by atoms with Crippen LogP contribution in [-0.4, -0.2) is 17.1 Å². The van der Waals surface area contributed by atoms with Crippen molar-refractivity contribution in [1.82, 2.24) is 0 Å². The highest BCUT2D eigenvalue weighted by atomic mass is 32.2. The summed E-state index contributed by atoms with van der Waals surface area (Å²) in [5.41, 5.74) is -0.0259. The highest BCUT2D eigenvalue weighted by Crippen LogP contribution is 2.34. The van der Waals surface area contributed by atoms with Crippen LogP contribution in [0.1, 0.15) is 0 Å². The first-order chi connectivity index (χ1) is 9.08. The Bertz CT molecular complexity index is 615. The zero-order valence-electron chi connectivity index (χ0n) is 10.1. The molecule has 0 saturated heterocycles. The van der Waals surface area contributed by atoms with Crippen LogP contribution in [0.25, 0.3) is 0 Å². The third-order valence-electron chi connectivity index (χ3n) is 2.36. The zero-order chi connectivity index (χ0) is 13.8. The number of phenolic OH excluding ortho intramolecular Hbond substituents is 1. The third kappa shape index (κ3) is 3.38. The van der Waals surface area contributed by atoms with Gasteiger partial charge < -0.3 is 9.84 Å². The van der Waals surface area contributed by atoms with Crippen LogP contribution in [0.4, 0.5) is 5.69 Å². The molecule has 0 aliphatic rings. The lowest BCUT2D eigenvalue weighted by atomic mass is 10.3. The minimum absolute atomic E-state index is 0.0259. The van der Waals surface area contributed by atoms with Crippen molar-refractivity contribution in [2.75, 3.05) is 7.11 Å². The number of hydrogen-bond donors (Lipinski definition) is 1. The molecule has 98 valence electrons. The molecule has 0 amide bonds. The summed E-state index contributed by atoms with van der Waals surface area (Å²) in [4.78, 5) is 11.8. The van der Waals surface area contributed by atoms with Gasteiger partial charge in [-0.15, -0.1) is 0 Å². The molecule has 0 fully saturated rings. The van der Waals surface area contributed by atoms with Crippen molar-refractivity contribution >= 4 is 17.4 Å². The smallest absolute Gasteiger partial charge is 0.274 e. The number of nitrogens with zero attached hydrogens (tertiary/aromatic N) is 1. The Morgan fingerprint density at radius 2 is 2.00 bits per heavy atom. The Hall–Kier alpha value is -2.21. The number of benzene rings is 2. The van der Waals surface area contributed by atoms with E-state index in [2.05, 4.69) is 0 Å². The molecule has 0 spiro atoms. The molecule has 5 nitrogen and oxygen atoms in total. The summed E-state index contributed by atoms with van der Waals surface area (Å²) in [6, 6.07) is 11.2. The molecule has 0 heterocycles. The molecule has 6 heteroatoms. The molecular weight excluding hydrogens is 266 g/mol. The molecule has 2 aromatic carbocycles. The van der Waals surface area contributed by atoms with Gasteiger partial charge in [0.15, 0.2) is 0 Å². The van der Waals surface area contributed by atoms with E-state index in [1.807, 2.05) is 6.07 Å². The number of nitro benzene ring substituents is 1. The van der Waals surface area contributed by atoms with Gasteiger partial charge in [0.25, 0.3) is 5.69 Å². The maximum atomic E-state index is 10.8. The normalized spacial score (nSPS) is 10.2. The van der Waals surface area contributed by atoms with Gasteiger partial charge in [0.1, 0.15) is 11.5 Å². The molecule has 0 bridgehead atoms. The average Bonchev–Trinajstić information content (AvgIpc) is 2.38. The van der Waals surface area contributed by atoms with Crippen molar-refractivity contribution in [2.24, 2.45) is 0 Å². The van der Waals surface area contributed by atoms with Crippen molar-refractivity contribution < 1.29 is 14.8 Å².